The van der Waals surface area contributed by atoms with Crippen LogP contribution >= 0.6 is 0 Å². The van der Waals surface area contributed by atoms with Crippen molar-refractivity contribution in [2.24, 2.45) is 5.92 Å². The fourth-order valence-electron chi connectivity index (χ4n) is 2.27. The number of hydrogen-bond acceptors (Lipinski definition) is 2. The predicted octanol–water partition coefficient (Wildman–Crippen LogP) is 2.36. The van der Waals surface area contributed by atoms with E-state index in [1.54, 1.807) is 0 Å². The molecule has 0 aromatic rings. The summed E-state index contributed by atoms with van der Waals surface area (Å²) in [6, 6.07) is 0.106. The minimum atomic E-state index is -0.649. The van der Waals surface area contributed by atoms with Crippen LogP contribution in [0.5, 0.6) is 0 Å². The summed E-state index contributed by atoms with van der Waals surface area (Å²) >= 11 is 0. The van der Waals surface area contributed by atoms with Crippen molar-refractivity contribution in [3.8, 4) is 0 Å². The van der Waals surface area contributed by atoms with E-state index in [0.717, 1.165) is 25.8 Å². The lowest BCUT2D eigenvalue weighted by molar-refractivity contribution is -0.144. The van der Waals surface area contributed by atoms with E-state index in [1.165, 1.54) is 6.42 Å². The monoisotopic (exact) mass is 213 g/mol. The molecule has 0 aromatic carbocycles. The summed E-state index contributed by atoms with van der Waals surface area (Å²) in [6.45, 7) is 7.41. The number of nitrogens with zero attached hydrogens (tertiary/aromatic N) is 1. The summed E-state index contributed by atoms with van der Waals surface area (Å²) in [7, 11) is 0. The average Bonchev–Trinajstić information content (AvgIpc) is 2.40. The number of carbonyl (C=O) groups is 1. The van der Waals surface area contributed by atoms with Gasteiger partial charge in [0.1, 0.15) is 6.04 Å². The Kier molecular flexibility index (Phi) is 4.58. The number of carboxylic acid groups (broad SMARTS) is 1. The highest BCUT2D eigenvalue weighted by atomic mass is 16.4. The number of likely N-dealkylation sites (tertiary alicyclic amines) is 1. The van der Waals surface area contributed by atoms with Crippen LogP contribution in [-0.4, -0.2) is 34.6 Å². The third-order valence-corrected chi connectivity index (χ3v) is 3.57. The van der Waals surface area contributed by atoms with Gasteiger partial charge in [-0.3, -0.25) is 9.69 Å². The highest BCUT2D eigenvalue weighted by molar-refractivity contribution is 5.73. The van der Waals surface area contributed by atoms with Crippen molar-refractivity contribution in [3.05, 3.63) is 0 Å². The van der Waals surface area contributed by atoms with Gasteiger partial charge in [-0.05, 0) is 32.2 Å². The molecule has 2 unspecified atom stereocenters. The van der Waals surface area contributed by atoms with Gasteiger partial charge in [0.2, 0.25) is 0 Å². The Hall–Kier alpha value is -0.570. The van der Waals surface area contributed by atoms with Crippen molar-refractivity contribution in [1.29, 1.82) is 0 Å². The number of rotatable bonds is 3. The molecule has 1 N–H and O–H groups in total. The zero-order valence-electron chi connectivity index (χ0n) is 10.1. The molecule has 0 amide bonds. The second-order valence-corrected chi connectivity index (χ2v) is 4.93. The molecule has 88 valence electrons. The summed E-state index contributed by atoms with van der Waals surface area (Å²) < 4.78 is 0. The quantitative estimate of drug-likeness (QED) is 0.782. The third kappa shape index (κ3) is 3.20. The lowest BCUT2D eigenvalue weighted by Crippen LogP contribution is -2.47. The smallest absolute Gasteiger partial charge is 0.320 e. The second-order valence-electron chi connectivity index (χ2n) is 4.93. The summed E-state index contributed by atoms with van der Waals surface area (Å²) in [4.78, 5) is 13.4. The van der Waals surface area contributed by atoms with Gasteiger partial charge in [-0.15, -0.1) is 0 Å². The Morgan fingerprint density at radius 3 is 2.47 bits per heavy atom. The van der Waals surface area contributed by atoms with Crippen molar-refractivity contribution in [1.82, 2.24) is 4.90 Å². The SMILES string of the molecule is CC(C)C(C)N1CCCCCC1C(=O)O. The lowest BCUT2D eigenvalue weighted by atomic mass is 10.0. The van der Waals surface area contributed by atoms with Gasteiger partial charge >= 0.3 is 5.97 Å². The topological polar surface area (TPSA) is 40.5 Å². The van der Waals surface area contributed by atoms with Gasteiger partial charge in [-0.25, -0.2) is 0 Å². The number of carboxylic acids is 1. The van der Waals surface area contributed by atoms with E-state index in [2.05, 4.69) is 25.7 Å². The Morgan fingerprint density at radius 2 is 1.93 bits per heavy atom. The van der Waals surface area contributed by atoms with Gasteiger partial charge in [-0.1, -0.05) is 26.7 Å². The molecule has 2 atom stereocenters. The van der Waals surface area contributed by atoms with Crippen molar-refractivity contribution >= 4 is 5.97 Å². The van der Waals surface area contributed by atoms with E-state index in [9.17, 15) is 9.90 Å². The number of aliphatic carboxylic acids is 1. The normalized spacial score (nSPS) is 26.3. The molecule has 0 aliphatic carbocycles. The van der Waals surface area contributed by atoms with Gasteiger partial charge < -0.3 is 5.11 Å². The van der Waals surface area contributed by atoms with Gasteiger partial charge in [-0.2, -0.15) is 0 Å². The number of hydrogen-bond donors (Lipinski definition) is 1. The molecular formula is C12H23NO2. The molecule has 1 fully saturated rings. The third-order valence-electron chi connectivity index (χ3n) is 3.57. The van der Waals surface area contributed by atoms with E-state index in [-0.39, 0.29) is 6.04 Å². The van der Waals surface area contributed by atoms with Crippen molar-refractivity contribution < 1.29 is 9.90 Å². The molecule has 15 heavy (non-hydrogen) atoms. The summed E-state index contributed by atoms with van der Waals surface area (Å²) in [5.74, 6) is -0.130. The van der Waals surface area contributed by atoms with Gasteiger partial charge in [0.05, 0.1) is 0 Å². The molecule has 1 saturated heterocycles. The predicted molar refractivity (Wildman–Crippen MR) is 60.9 cm³/mol. The van der Waals surface area contributed by atoms with Gasteiger partial charge in [0, 0.05) is 6.04 Å². The standard InChI is InChI=1S/C12H23NO2/c1-9(2)10(3)13-8-6-4-5-7-11(13)12(14)15/h9-11H,4-8H2,1-3H3,(H,14,15). The Morgan fingerprint density at radius 1 is 1.27 bits per heavy atom. The molecule has 1 heterocycles. The molecule has 1 rings (SSSR count). The van der Waals surface area contributed by atoms with E-state index in [4.69, 9.17) is 0 Å². The van der Waals surface area contributed by atoms with Crippen LogP contribution in [0.2, 0.25) is 0 Å². The van der Waals surface area contributed by atoms with Gasteiger partial charge in [0.25, 0.3) is 0 Å². The molecule has 3 nitrogen and oxygen atoms in total. The first-order chi connectivity index (χ1) is 7.04. The molecule has 3 heteroatoms. The molecule has 0 saturated carbocycles. The zero-order valence-corrected chi connectivity index (χ0v) is 10.1. The van der Waals surface area contributed by atoms with E-state index < -0.39 is 5.97 Å². The van der Waals surface area contributed by atoms with Crippen LogP contribution in [0, 0.1) is 5.92 Å². The lowest BCUT2D eigenvalue weighted by Gasteiger charge is -2.34. The largest absolute Gasteiger partial charge is 0.480 e. The zero-order chi connectivity index (χ0) is 11.4. The molecule has 0 bridgehead atoms. The summed E-state index contributed by atoms with van der Waals surface area (Å²) in [5, 5.41) is 9.22. The Bertz CT molecular complexity index is 216. The van der Waals surface area contributed by atoms with Crippen molar-refractivity contribution in [2.75, 3.05) is 6.54 Å². The van der Waals surface area contributed by atoms with Crippen LogP contribution in [0.4, 0.5) is 0 Å². The molecule has 1 aliphatic heterocycles. The molecule has 0 aromatic heterocycles. The van der Waals surface area contributed by atoms with Crippen molar-refractivity contribution in [2.45, 2.75) is 58.5 Å². The maximum absolute atomic E-state index is 11.2. The molecule has 1 aliphatic rings. The van der Waals surface area contributed by atoms with Crippen molar-refractivity contribution in [3.63, 3.8) is 0 Å². The van der Waals surface area contributed by atoms with E-state index >= 15 is 0 Å². The van der Waals surface area contributed by atoms with Crippen LogP contribution in [-0.2, 0) is 4.79 Å². The summed E-state index contributed by atoms with van der Waals surface area (Å²) in [6.07, 6.45) is 4.18. The second kappa shape index (κ2) is 5.50. The van der Waals surface area contributed by atoms with Crippen LogP contribution in [0.25, 0.3) is 0 Å². The van der Waals surface area contributed by atoms with Crippen LogP contribution in [0.15, 0.2) is 0 Å². The maximum atomic E-state index is 11.2. The van der Waals surface area contributed by atoms with E-state index in [0.29, 0.717) is 12.0 Å². The van der Waals surface area contributed by atoms with Crippen LogP contribution < -0.4 is 0 Å². The molecule has 0 spiro atoms. The first-order valence-electron chi connectivity index (χ1n) is 6.02. The fourth-order valence-corrected chi connectivity index (χ4v) is 2.27. The average molecular weight is 213 g/mol. The molecular weight excluding hydrogens is 190 g/mol. The first-order valence-corrected chi connectivity index (χ1v) is 6.02. The van der Waals surface area contributed by atoms with Gasteiger partial charge in [0.15, 0.2) is 0 Å². The summed E-state index contributed by atoms with van der Waals surface area (Å²) in [5.41, 5.74) is 0. The minimum absolute atomic E-state index is 0.259. The fraction of sp³-hybridized carbons (Fsp3) is 0.917. The minimum Gasteiger partial charge on any atom is -0.480 e. The highest BCUT2D eigenvalue weighted by Crippen LogP contribution is 2.22. The highest BCUT2D eigenvalue weighted by Gasteiger charge is 2.31. The van der Waals surface area contributed by atoms with E-state index in [1.807, 2.05) is 0 Å². The van der Waals surface area contributed by atoms with Crippen LogP contribution in [0.1, 0.15) is 46.5 Å². The molecule has 0 radical (unpaired) electrons. The van der Waals surface area contributed by atoms with Crippen LogP contribution in [0.3, 0.4) is 0 Å². The Labute approximate surface area is 92.5 Å². The maximum Gasteiger partial charge on any atom is 0.320 e. The first kappa shape index (κ1) is 12.5. The Balaban J connectivity index is 2.74.